The zero-order chi connectivity index (χ0) is 31.1. The Bertz CT molecular complexity index is 1240. The first-order valence-corrected chi connectivity index (χ1v) is 15.6. The summed E-state index contributed by atoms with van der Waals surface area (Å²) >= 11 is 0. The van der Waals surface area contributed by atoms with Crippen LogP contribution in [0.2, 0.25) is 0 Å². The van der Waals surface area contributed by atoms with Gasteiger partial charge < -0.3 is 33.3 Å². The van der Waals surface area contributed by atoms with Crippen LogP contribution in [0, 0.1) is 5.92 Å². The van der Waals surface area contributed by atoms with E-state index in [0.717, 1.165) is 67.5 Å². The summed E-state index contributed by atoms with van der Waals surface area (Å²) in [4.78, 5) is 31.0. The van der Waals surface area contributed by atoms with Crippen LogP contribution >= 0.6 is 0 Å². The summed E-state index contributed by atoms with van der Waals surface area (Å²) in [5, 5.41) is 10.6. The number of carbonyl (C=O) groups is 2. The summed E-state index contributed by atoms with van der Waals surface area (Å²) in [6.45, 7) is 5.43. The minimum Gasteiger partial charge on any atom is -0.493 e. The standard InChI is InChI=1S/C33H50N4O6/c1-7-8-16-35(17-9-10-18-37(3,4)5)30(38)22-36-21-26(24-19-28(41-6)32-29(20-24)42-23-43-32)31(33(39)40)27(36)14-13-25-12-11-15-34(25)2/h11-12,15,19-20,26-27,31H,7-10,13-14,16-18,21-23H2,1-6H3/p+1. The summed E-state index contributed by atoms with van der Waals surface area (Å²) in [6, 6.07) is 7.53. The number of aromatic nitrogens is 1. The Morgan fingerprint density at radius 2 is 1.91 bits per heavy atom. The number of nitrogens with zero attached hydrogens (tertiary/aromatic N) is 4. The second kappa shape index (κ2) is 14.5. The number of carboxylic acids is 1. The molecule has 0 radical (unpaired) electrons. The van der Waals surface area contributed by atoms with Crippen molar-refractivity contribution in [3.05, 3.63) is 41.7 Å². The number of benzene rings is 1. The highest BCUT2D eigenvalue weighted by Gasteiger charge is 2.47. The number of hydrogen-bond acceptors (Lipinski definition) is 6. The van der Waals surface area contributed by atoms with Crippen LogP contribution < -0.4 is 14.2 Å². The number of quaternary nitrogens is 1. The lowest BCUT2D eigenvalue weighted by Crippen LogP contribution is -2.45. The number of aliphatic carboxylic acids is 1. The van der Waals surface area contributed by atoms with Gasteiger partial charge in [-0.1, -0.05) is 13.3 Å². The Balaban J connectivity index is 1.59. The van der Waals surface area contributed by atoms with Crippen molar-refractivity contribution in [2.75, 3.05) is 67.8 Å². The number of hydrogen-bond donors (Lipinski definition) is 1. The van der Waals surface area contributed by atoms with E-state index in [9.17, 15) is 14.7 Å². The van der Waals surface area contributed by atoms with E-state index < -0.39 is 11.9 Å². The van der Waals surface area contributed by atoms with E-state index in [-0.39, 0.29) is 31.2 Å². The normalized spacial score (nSPS) is 20.0. The molecule has 1 saturated heterocycles. The molecule has 2 aliphatic rings. The van der Waals surface area contributed by atoms with Gasteiger partial charge in [0.25, 0.3) is 0 Å². The number of unbranched alkanes of at least 4 members (excludes halogenated alkanes) is 2. The Kier molecular flexibility index (Phi) is 11.0. The van der Waals surface area contributed by atoms with Gasteiger partial charge in [0, 0.05) is 50.5 Å². The first-order chi connectivity index (χ1) is 20.5. The summed E-state index contributed by atoms with van der Waals surface area (Å²) < 4.78 is 19.8. The lowest BCUT2D eigenvalue weighted by atomic mass is 9.83. The third kappa shape index (κ3) is 8.23. The van der Waals surface area contributed by atoms with Crippen molar-refractivity contribution in [1.29, 1.82) is 0 Å². The quantitative estimate of drug-likeness (QED) is 0.231. The number of carboxylic acid groups (broad SMARTS) is 1. The van der Waals surface area contributed by atoms with E-state index in [4.69, 9.17) is 14.2 Å². The van der Waals surface area contributed by atoms with Gasteiger partial charge in [-0.25, -0.2) is 0 Å². The summed E-state index contributed by atoms with van der Waals surface area (Å²) in [5.41, 5.74) is 1.97. The smallest absolute Gasteiger partial charge is 0.308 e. The molecule has 3 unspecified atom stereocenters. The zero-order valence-corrected chi connectivity index (χ0v) is 26.9. The number of methoxy groups -OCH3 is 1. The molecule has 1 aromatic heterocycles. The molecule has 0 spiro atoms. The second-order valence-electron chi connectivity index (χ2n) is 13.0. The monoisotopic (exact) mass is 599 g/mol. The fourth-order valence-electron chi connectivity index (χ4n) is 6.48. The molecule has 0 bridgehead atoms. The minimum atomic E-state index is -0.850. The highest BCUT2D eigenvalue weighted by Crippen LogP contribution is 2.47. The first kappa shape index (κ1) is 32.7. The molecule has 10 heteroatoms. The van der Waals surface area contributed by atoms with Crippen molar-refractivity contribution in [2.24, 2.45) is 13.0 Å². The van der Waals surface area contributed by atoms with Gasteiger partial charge in [-0.05, 0) is 61.9 Å². The second-order valence-corrected chi connectivity index (χ2v) is 13.0. The fourth-order valence-corrected chi connectivity index (χ4v) is 6.48. The molecule has 43 heavy (non-hydrogen) atoms. The molecule has 0 saturated carbocycles. The highest BCUT2D eigenvalue weighted by atomic mass is 16.7. The van der Waals surface area contributed by atoms with Crippen LogP contribution in [0.1, 0.15) is 56.2 Å². The Labute approximate surface area is 256 Å². The average Bonchev–Trinajstić information content (AvgIpc) is 3.68. The highest BCUT2D eigenvalue weighted by molar-refractivity contribution is 5.79. The molecule has 0 aliphatic carbocycles. The van der Waals surface area contributed by atoms with Crippen LogP contribution in [0.25, 0.3) is 0 Å². The molecule has 1 fully saturated rings. The van der Waals surface area contributed by atoms with Crippen molar-refractivity contribution in [1.82, 2.24) is 14.4 Å². The number of rotatable bonds is 16. The van der Waals surface area contributed by atoms with Crippen LogP contribution in [0.5, 0.6) is 17.2 Å². The number of likely N-dealkylation sites (tertiary alicyclic amines) is 1. The average molecular weight is 600 g/mol. The minimum absolute atomic E-state index is 0.0793. The number of carbonyl (C=O) groups excluding carboxylic acids is 1. The Hall–Kier alpha value is -3.24. The Morgan fingerprint density at radius 1 is 1.14 bits per heavy atom. The maximum atomic E-state index is 13.9. The van der Waals surface area contributed by atoms with Crippen LogP contribution in [-0.2, 0) is 23.1 Å². The summed E-state index contributed by atoms with van der Waals surface area (Å²) in [5.74, 6) is -0.156. The van der Waals surface area contributed by atoms with E-state index in [1.54, 1.807) is 7.11 Å². The van der Waals surface area contributed by atoms with Crippen LogP contribution in [0.3, 0.4) is 0 Å². The molecule has 1 aromatic carbocycles. The first-order valence-electron chi connectivity index (χ1n) is 15.6. The van der Waals surface area contributed by atoms with Crippen LogP contribution in [0.15, 0.2) is 30.5 Å². The molecule has 2 aromatic rings. The third-order valence-corrected chi connectivity index (χ3v) is 8.87. The third-order valence-electron chi connectivity index (χ3n) is 8.87. The summed E-state index contributed by atoms with van der Waals surface area (Å²) in [7, 11) is 10.1. The molecular weight excluding hydrogens is 548 g/mol. The van der Waals surface area contributed by atoms with E-state index in [2.05, 4.69) is 43.6 Å². The fraction of sp³-hybridized carbons (Fsp3) is 0.636. The van der Waals surface area contributed by atoms with E-state index in [1.807, 2.05) is 36.3 Å². The van der Waals surface area contributed by atoms with Crippen LogP contribution in [-0.4, -0.2) is 110 Å². The number of ether oxygens (including phenoxy) is 3. The van der Waals surface area contributed by atoms with E-state index in [1.165, 1.54) is 0 Å². The molecule has 3 atom stereocenters. The van der Waals surface area contributed by atoms with Crippen LogP contribution in [0.4, 0.5) is 0 Å². The molecule has 4 rings (SSSR count). The Morgan fingerprint density at radius 3 is 2.56 bits per heavy atom. The molecule has 3 heterocycles. The van der Waals surface area contributed by atoms with Gasteiger partial charge in [0.1, 0.15) is 0 Å². The van der Waals surface area contributed by atoms with Crippen molar-refractivity contribution in [2.45, 2.75) is 57.4 Å². The van der Waals surface area contributed by atoms with Crippen molar-refractivity contribution < 1.29 is 33.4 Å². The SMILES string of the molecule is CCCCN(CCCC[N+](C)(C)C)C(=O)CN1CC(c2cc(OC)c3c(c2)OCO3)C(C(=O)O)C1CCc1cccn1C. The van der Waals surface area contributed by atoms with Gasteiger partial charge in [-0.15, -0.1) is 0 Å². The lowest BCUT2D eigenvalue weighted by molar-refractivity contribution is -0.870. The van der Waals surface area contributed by atoms with Gasteiger partial charge in [-0.3, -0.25) is 14.5 Å². The lowest BCUT2D eigenvalue weighted by Gasteiger charge is -2.30. The maximum Gasteiger partial charge on any atom is 0.308 e. The van der Waals surface area contributed by atoms with E-state index in [0.29, 0.717) is 30.2 Å². The van der Waals surface area contributed by atoms with Gasteiger partial charge in [0.05, 0.1) is 47.3 Å². The van der Waals surface area contributed by atoms with Crippen molar-refractivity contribution in [3.8, 4) is 17.2 Å². The summed E-state index contributed by atoms with van der Waals surface area (Å²) in [6.07, 6.45) is 7.35. The van der Waals surface area contributed by atoms with Gasteiger partial charge in [0.2, 0.25) is 18.4 Å². The van der Waals surface area contributed by atoms with Gasteiger partial charge in [-0.2, -0.15) is 0 Å². The topological polar surface area (TPSA) is 93.5 Å². The number of amides is 1. The van der Waals surface area contributed by atoms with Gasteiger partial charge >= 0.3 is 5.97 Å². The van der Waals surface area contributed by atoms with Crippen molar-refractivity contribution >= 4 is 11.9 Å². The van der Waals surface area contributed by atoms with Gasteiger partial charge in [0.15, 0.2) is 11.5 Å². The molecule has 2 aliphatic heterocycles. The molecular formula is C33H51N4O6+. The number of aryl methyl sites for hydroxylation is 2. The van der Waals surface area contributed by atoms with E-state index >= 15 is 0 Å². The molecule has 1 amide bonds. The molecule has 1 N–H and O–H groups in total. The largest absolute Gasteiger partial charge is 0.493 e. The van der Waals surface area contributed by atoms with Crippen molar-refractivity contribution in [3.63, 3.8) is 0 Å². The predicted molar refractivity (Wildman–Crippen MR) is 166 cm³/mol. The molecule has 238 valence electrons. The number of fused-ring (bicyclic) bond motifs is 1. The molecule has 10 nitrogen and oxygen atoms in total. The zero-order valence-electron chi connectivity index (χ0n) is 26.9. The maximum absolute atomic E-state index is 13.9. The predicted octanol–water partition coefficient (Wildman–Crippen LogP) is 3.98.